The smallest absolute Gasteiger partial charge is 0.325 e. The van der Waals surface area contributed by atoms with E-state index in [1.165, 1.54) is 7.11 Å². The van der Waals surface area contributed by atoms with Crippen molar-refractivity contribution < 1.29 is 24.2 Å². The molecule has 0 spiro atoms. The molecule has 164 valence electrons. The van der Waals surface area contributed by atoms with Crippen molar-refractivity contribution in [3.8, 4) is 11.5 Å². The second-order valence-corrected chi connectivity index (χ2v) is 7.86. The third-order valence-electron chi connectivity index (χ3n) is 5.13. The second kappa shape index (κ2) is 9.41. The zero-order chi connectivity index (χ0) is 22.6. The summed E-state index contributed by atoms with van der Waals surface area (Å²) in [6.45, 7) is 5.01. The molecule has 0 radical (unpaired) electrons. The van der Waals surface area contributed by atoms with Crippen LogP contribution in [0.4, 0.5) is 4.79 Å². The van der Waals surface area contributed by atoms with Gasteiger partial charge in [0.2, 0.25) is 0 Å². The van der Waals surface area contributed by atoms with Gasteiger partial charge in [0, 0.05) is 5.02 Å². The second-order valence-electron chi connectivity index (χ2n) is 7.42. The predicted octanol–water partition coefficient (Wildman–Crippen LogP) is 3.28. The van der Waals surface area contributed by atoms with Gasteiger partial charge in [-0.15, -0.1) is 6.58 Å². The van der Waals surface area contributed by atoms with Gasteiger partial charge in [-0.2, -0.15) is 0 Å². The third kappa shape index (κ3) is 4.84. The van der Waals surface area contributed by atoms with Crippen LogP contribution in [-0.4, -0.2) is 48.3 Å². The van der Waals surface area contributed by atoms with E-state index >= 15 is 0 Å². The Balaban J connectivity index is 1.65. The number of halogens is 1. The molecule has 1 aliphatic rings. The van der Waals surface area contributed by atoms with Crippen molar-refractivity contribution in [1.29, 1.82) is 0 Å². The van der Waals surface area contributed by atoms with E-state index in [9.17, 15) is 14.7 Å². The fourth-order valence-electron chi connectivity index (χ4n) is 3.42. The van der Waals surface area contributed by atoms with Crippen molar-refractivity contribution in [1.82, 2.24) is 10.2 Å². The molecule has 2 N–H and O–H groups in total. The maximum Gasteiger partial charge on any atom is 0.325 e. The molecule has 0 saturated carbocycles. The lowest BCUT2D eigenvalue weighted by Gasteiger charge is -2.23. The number of β-amino-alcohol motifs (C(OH)–C–C–N with tert-alkyl or cyclic N) is 1. The van der Waals surface area contributed by atoms with Gasteiger partial charge in [-0.3, -0.25) is 9.69 Å². The lowest BCUT2D eigenvalue weighted by molar-refractivity contribution is -0.132. The molecule has 7 nitrogen and oxygen atoms in total. The van der Waals surface area contributed by atoms with Crippen molar-refractivity contribution in [3.63, 3.8) is 0 Å². The number of hydrogen-bond acceptors (Lipinski definition) is 5. The van der Waals surface area contributed by atoms with Crippen LogP contribution >= 0.6 is 11.6 Å². The molecule has 1 saturated heterocycles. The van der Waals surface area contributed by atoms with Crippen LogP contribution in [0.2, 0.25) is 5.02 Å². The summed E-state index contributed by atoms with van der Waals surface area (Å²) in [5, 5.41) is 13.6. The Morgan fingerprint density at radius 2 is 1.94 bits per heavy atom. The number of allylic oxidation sites excluding steroid dienone is 1. The quantitative estimate of drug-likeness (QED) is 0.457. The average molecular weight is 445 g/mol. The van der Waals surface area contributed by atoms with Crippen molar-refractivity contribution in [2.75, 3.05) is 20.3 Å². The zero-order valence-electron chi connectivity index (χ0n) is 17.4. The lowest BCUT2D eigenvalue weighted by Crippen LogP contribution is -2.42. The van der Waals surface area contributed by atoms with Crippen LogP contribution in [0.3, 0.4) is 0 Å². The molecule has 2 aromatic rings. The van der Waals surface area contributed by atoms with E-state index in [1.54, 1.807) is 43.3 Å². The fraction of sp³-hybridized carbons (Fsp3) is 0.304. The number of hydrogen-bond donors (Lipinski definition) is 2. The third-order valence-corrected chi connectivity index (χ3v) is 5.38. The number of nitrogens with one attached hydrogen (secondary N) is 1. The van der Waals surface area contributed by atoms with Crippen LogP contribution in [-0.2, 0) is 16.8 Å². The van der Waals surface area contributed by atoms with E-state index in [0.717, 1.165) is 10.5 Å². The van der Waals surface area contributed by atoms with Gasteiger partial charge in [0.05, 0.1) is 13.7 Å². The van der Waals surface area contributed by atoms with Gasteiger partial charge in [0.25, 0.3) is 5.91 Å². The topological polar surface area (TPSA) is 88.1 Å². The molecule has 1 heterocycles. The number of urea groups is 1. The Morgan fingerprint density at radius 3 is 2.58 bits per heavy atom. The SMILES string of the molecule is C=CCc1ccc(OCC(O)CN2C(=O)NC(C)(c3ccc(Cl)cc3)C2=O)c(OC)c1. The number of aliphatic hydroxyl groups is 1. The number of carbonyl (C=O) groups is 2. The Labute approximate surface area is 186 Å². The Kier molecular flexibility index (Phi) is 6.87. The molecule has 2 atom stereocenters. The number of nitrogens with zero attached hydrogens (tertiary/aromatic N) is 1. The molecule has 1 fully saturated rings. The zero-order valence-corrected chi connectivity index (χ0v) is 18.2. The first-order chi connectivity index (χ1) is 14.8. The molecule has 3 rings (SSSR count). The Hall–Kier alpha value is -3.03. The standard InChI is InChI=1S/C23H25ClN2O5/c1-4-5-15-6-11-19(20(12-15)30-3)31-14-18(27)13-26-21(28)23(2,25-22(26)29)16-7-9-17(24)10-8-16/h4,6-12,18,27H,1,5,13-14H2,2-3H3,(H,25,29). The van der Waals surface area contributed by atoms with Crippen molar-refractivity contribution in [2.45, 2.75) is 25.0 Å². The maximum absolute atomic E-state index is 13.0. The van der Waals surface area contributed by atoms with E-state index in [0.29, 0.717) is 28.5 Å². The largest absolute Gasteiger partial charge is 0.493 e. The molecule has 0 aliphatic carbocycles. The first kappa shape index (κ1) is 22.7. The van der Waals surface area contributed by atoms with Crippen LogP contribution in [0.1, 0.15) is 18.1 Å². The van der Waals surface area contributed by atoms with Crippen molar-refractivity contribution in [2.24, 2.45) is 0 Å². The highest BCUT2D eigenvalue weighted by Crippen LogP contribution is 2.31. The van der Waals surface area contributed by atoms with Crippen LogP contribution in [0, 0.1) is 0 Å². The van der Waals surface area contributed by atoms with E-state index in [4.69, 9.17) is 21.1 Å². The minimum Gasteiger partial charge on any atom is -0.493 e. The van der Waals surface area contributed by atoms with Gasteiger partial charge in [0.1, 0.15) is 18.2 Å². The number of amides is 3. The summed E-state index contributed by atoms with van der Waals surface area (Å²) in [5.41, 5.74) is 0.389. The molecule has 0 aromatic heterocycles. The summed E-state index contributed by atoms with van der Waals surface area (Å²) >= 11 is 5.91. The number of rotatable bonds is 9. The van der Waals surface area contributed by atoms with E-state index in [2.05, 4.69) is 11.9 Å². The van der Waals surface area contributed by atoms with Crippen molar-refractivity contribution >= 4 is 23.5 Å². The first-order valence-corrected chi connectivity index (χ1v) is 10.1. The van der Waals surface area contributed by atoms with Crippen molar-refractivity contribution in [3.05, 3.63) is 71.3 Å². The minimum absolute atomic E-state index is 0.119. The van der Waals surface area contributed by atoms with Crippen LogP contribution in [0.5, 0.6) is 11.5 Å². The Morgan fingerprint density at radius 1 is 1.23 bits per heavy atom. The predicted molar refractivity (Wildman–Crippen MR) is 117 cm³/mol. The molecule has 2 unspecified atom stereocenters. The van der Waals surface area contributed by atoms with E-state index in [1.807, 2.05) is 12.1 Å². The van der Waals surface area contributed by atoms with E-state index in [-0.39, 0.29) is 13.2 Å². The average Bonchev–Trinajstić information content (AvgIpc) is 2.97. The minimum atomic E-state index is -1.23. The number of benzene rings is 2. The van der Waals surface area contributed by atoms with Crippen LogP contribution in [0.25, 0.3) is 0 Å². The number of ether oxygens (including phenoxy) is 2. The summed E-state index contributed by atoms with van der Waals surface area (Å²) in [5.74, 6) is 0.527. The summed E-state index contributed by atoms with van der Waals surface area (Å²) < 4.78 is 11.0. The van der Waals surface area contributed by atoms with Gasteiger partial charge < -0.3 is 19.9 Å². The molecular weight excluding hydrogens is 420 g/mol. The maximum atomic E-state index is 13.0. The molecule has 3 amide bonds. The van der Waals surface area contributed by atoms with E-state index < -0.39 is 23.6 Å². The number of methoxy groups -OCH3 is 1. The molecule has 8 heteroatoms. The number of imide groups is 1. The summed E-state index contributed by atoms with van der Waals surface area (Å²) in [6, 6.07) is 11.6. The highest BCUT2D eigenvalue weighted by Gasteiger charge is 2.49. The highest BCUT2D eigenvalue weighted by atomic mass is 35.5. The Bertz CT molecular complexity index is 978. The molecule has 31 heavy (non-hydrogen) atoms. The van der Waals surface area contributed by atoms with Crippen LogP contribution < -0.4 is 14.8 Å². The lowest BCUT2D eigenvalue weighted by atomic mass is 9.92. The summed E-state index contributed by atoms with van der Waals surface area (Å²) in [7, 11) is 1.53. The van der Waals surface area contributed by atoms with Gasteiger partial charge in [-0.1, -0.05) is 35.9 Å². The summed E-state index contributed by atoms with van der Waals surface area (Å²) in [4.78, 5) is 26.4. The highest BCUT2D eigenvalue weighted by molar-refractivity contribution is 6.30. The van der Waals surface area contributed by atoms with Gasteiger partial charge in [-0.25, -0.2) is 4.79 Å². The normalized spacial score (nSPS) is 19.2. The fourth-order valence-corrected chi connectivity index (χ4v) is 3.54. The molecule has 0 bridgehead atoms. The summed E-state index contributed by atoms with van der Waals surface area (Å²) in [6.07, 6.45) is 1.40. The first-order valence-electron chi connectivity index (χ1n) is 9.77. The van der Waals surface area contributed by atoms with Gasteiger partial charge >= 0.3 is 6.03 Å². The van der Waals surface area contributed by atoms with Gasteiger partial charge in [-0.05, 0) is 48.7 Å². The van der Waals surface area contributed by atoms with Gasteiger partial charge in [0.15, 0.2) is 11.5 Å². The monoisotopic (exact) mass is 444 g/mol. The number of carbonyl (C=O) groups excluding carboxylic acids is 2. The number of aliphatic hydroxyl groups excluding tert-OH is 1. The molecular formula is C23H25ClN2O5. The molecule has 2 aromatic carbocycles. The van der Waals surface area contributed by atoms with Crippen LogP contribution in [0.15, 0.2) is 55.1 Å². The molecule has 1 aliphatic heterocycles.